The molecule has 0 amide bonds. The summed E-state index contributed by atoms with van der Waals surface area (Å²) in [6, 6.07) is 7.43. The molecule has 3 N–H and O–H groups in total. The standard InChI is InChI=1S/C13H19BrN2O2/c1-16(8-6-12(15)13(17)18)7-5-10-3-2-4-11(14)9-10/h2-4,9,12H,5-8,15H2,1H3,(H,17,18). The fraction of sp³-hybridized carbons (Fsp3) is 0.462. The molecular formula is C13H19BrN2O2. The Hall–Kier alpha value is -0.910. The zero-order valence-electron chi connectivity index (χ0n) is 10.5. The Morgan fingerprint density at radius 1 is 1.50 bits per heavy atom. The topological polar surface area (TPSA) is 66.6 Å². The van der Waals surface area contributed by atoms with Crippen LogP contribution in [0.2, 0.25) is 0 Å². The fourth-order valence-corrected chi connectivity index (χ4v) is 2.05. The normalized spacial score (nSPS) is 12.7. The van der Waals surface area contributed by atoms with E-state index in [4.69, 9.17) is 10.8 Å². The van der Waals surface area contributed by atoms with Crippen molar-refractivity contribution in [1.29, 1.82) is 0 Å². The van der Waals surface area contributed by atoms with Crippen molar-refractivity contribution in [3.63, 3.8) is 0 Å². The Kier molecular flexibility index (Phi) is 6.32. The molecular weight excluding hydrogens is 296 g/mol. The van der Waals surface area contributed by atoms with Crippen LogP contribution in [-0.2, 0) is 11.2 Å². The molecule has 1 rings (SSSR count). The van der Waals surface area contributed by atoms with Crippen LogP contribution in [0.5, 0.6) is 0 Å². The molecule has 18 heavy (non-hydrogen) atoms. The van der Waals surface area contributed by atoms with E-state index in [1.807, 2.05) is 19.2 Å². The van der Waals surface area contributed by atoms with Crippen molar-refractivity contribution in [2.75, 3.05) is 20.1 Å². The van der Waals surface area contributed by atoms with Crippen molar-refractivity contribution in [1.82, 2.24) is 4.90 Å². The predicted octanol–water partition coefficient (Wildman–Crippen LogP) is 1.73. The van der Waals surface area contributed by atoms with Gasteiger partial charge < -0.3 is 15.7 Å². The molecule has 0 aliphatic rings. The van der Waals surface area contributed by atoms with Gasteiger partial charge in [0.25, 0.3) is 0 Å². The minimum atomic E-state index is -0.935. The molecule has 1 atom stereocenters. The molecule has 0 saturated carbocycles. The van der Waals surface area contributed by atoms with Crippen molar-refractivity contribution < 1.29 is 9.90 Å². The smallest absolute Gasteiger partial charge is 0.320 e. The van der Waals surface area contributed by atoms with E-state index in [1.54, 1.807) is 0 Å². The summed E-state index contributed by atoms with van der Waals surface area (Å²) < 4.78 is 1.08. The number of carbonyl (C=O) groups is 1. The second-order valence-electron chi connectivity index (χ2n) is 4.42. The summed E-state index contributed by atoms with van der Waals surface area (Å²) in [5.41, 5.74) is 6.72. The van der Waals surface area contributed by atoms with Crippen LogP contribution < -0.4 is 5.73 Å². The highest BCUT2D eigenvalue weighted by Gasteiger charge is 2.11. The van der Waals surface area contributed by atoms with Gasteiger partial charge in [-0.1, -0.05) is 28.1 Å². The lowest BCUT2D eigenvalue weighted by atomic mass is 10.1. The molecule has 1 unspecified atom stereocenters. The zero-order valence-corrected chi connectivity index (χ0v) is 12.1. The Morgan fingerprint density at radius 3 is 2.83 bits per heavy atom. The van der Waals surface area contributed by atoms with E-state index in [9.17, 15) is 4.79 Å². The van der Waals surface area contributed by atoms with Gasteiger partial charge in [-0.25, -0.2) is 0 Å². The highest BCUT2D eigenvalue weighted by molar-refractivity contribution is 9.10. The molecule has 0 spiro atoms. The maximum absolute atomic E-state index is 10.6. The van der Waals surface area contributed by atoms with E-state index in [-0.39, 0.29) is 0 Å². The first-order valence-electron chi connectivity index (χ1n) is 5.90. The van der Waals surface area contributed by atoms with E-state index in [0.29, 0.717) is 13.0 Å². The van der Waals surface area contributed by atoms with Crippen LogP contribution in [0.15, 0.2) is 28.7 Å². The number of nitrogens with zero attached hydrogens (tertiary/aromatic N) is 1. The SMILES string of the molecule is CN(CCc1cccc(Br)c1)CCC(N)C(=O)O. The second kappa shape index (κ2) is 7.51. The number of hydrogen-bond acceptors (Lipinski definition) is 3. The average Bonchev–Trinajstić information content (AvgIpc) is 2.33. The summed E-state index contributed by atoms with van der Waals surface area (Å²) in [7, 11) is 1.98. The van der Waals surface area contributed by atoms with Crippen LogP contribution in [0, 0.1) is 0 Å². The third-order valence-electron chi connectivity index (χ3n) is 2.81. The van der Waals surface area contributed by atoms with Gasteiger partial charge in [-0.3, -0.25) is 4.79 Å². The van der Waals surface area contributed by atoms with Crippen LogP contribution in [0.4, 0.5) is 0 Å². The van der Waals surface area contributed by atoms with Crippen LogP contribution in [0.1, 0.15) is 12.0 Å². The molecule has 100 valence electrons. The number of benzene rings is 1. The fourth-order valence-electron chi connectivity index (χ4n) is 1.61. The van der Waals surface area contributed by atoms with Crippen molar-refractivity contribution in [2.24, 2.45) is 5.73 Å². The number of likely N-dealkylation sites (N-methyl/N-ethyl adjacent to an activating group) is 1. The van der Waals surface area contributed by atoms with E-state index < -0.39 is 12.0 Å². The summed E-state index contributed by atoms with van der Waals surface area (Å²) in [4.78, 5) is 12.7. The number of aliphatic carboxylic acids is 1. The van der Waals surface area contributed by atoms with Crippen molar-refractivity contribution in [3.8, 4) is 0 Å². The number of carboxylic acids is 1. The van der Waals surface area contributed by atoms with Gasteiger partial charge in [0.1, 0.15) is 6.04 Å². The molecule has 1 aromatic carbocycles. The van der Waals surface area contributed by atoms with Crippen LogP contribution in [0.3, 0.4) is 0 Å². The molecule has 0 heterocycles. The molecule has 4 nitrogen and oxygen atoms in total. The quantitative estimate of drug-likeness (QED) is 0.804. The van der Waals surface area contributed by atoms with Gasteiger partial charge in [0.2, 0.25) is 0 Å². The van der Waals surface area contributed by atoms with Gasteiger partial charge in [0.05, 0.1) is 0 Å². The highest BCUT2D eigenvalue weighted by atomic mass is 79.9. The monoisotopic (exact) mass is 314 g/mol. The van der Waals surface area contributed by atoms with Gasteiger partial charge >= 0.3 is 5.97 Å². The molecule has 0 bridgehead atoms. The summed E-state index contributed by atoms with van der Waals surface area (Å²) >= 11 is 3.44. The molecule has 0 aromatic heterocycles. The maximum atomic E-state index is 10.6. The first-order chi connectivity index (χ1) is 8.49. The highest BCUT2D eigenvalue weighted by Crippen LogP contribution is 2.12. The van der Waals surface area contributed by atoms with Crippen molar-refractivity contribution in [3.05, 3.63) is 34.3 Å². The molecule has 0 aliphatic carbocycles. The van der Waals surface area contributed by atoms with E-state index >= 15 is 0 Å². The lowest BCUT2D eigenvalue weighted by Crippen LogP contribution is -2.34. The number of rotatable bonds is 7. The molecule has 0 saturated heterocycles. The average molecular weight is 315 g/mol. The number of carboxylic acid groups (broad SMARTS) is 1. The summed E-state index contributed by atoms with van der Waals surface area (Å²) in [6.45, 7) is 1.59. The predicted molar refractivity (Wildman–Crippen MR) is 75.6 cm³/mol. The summed E-state index contributed by atoms with van der Waals surface area (Å²) in [6.07, 6.45) is 1.42. The first-order valence-corrected chi connectivity index (χ1v) is 6.69. The second-order valence-corrected chi connectivity index (χ2v) is 5.33. The van der Waals surface area contributed by atoms with E-state index in [2.05, 4.69) is 33.0 Å². The Bertz CT molecular complexity index is 398. The van der Waals surface area contributed by atoms with E-state index in [1.165, 1.54) is 5.56 Å². The van der Waals surface area contributed by atoms with Gasteiger partial charge in [-0.2, -0.15) is 0 Å². The summed E-state index contributed by atoms with van der Waals surface area (Å²) in [5, 5.41) is 8.68. The van der Waals surface area contributed by atoms with Crippen molar-refractivity contribution >= 4 is 21.9 Å². The lowest BCUT2D eigenvalue weighted by molar-refractivity contribution is -0.138. The molecule has 1 aromatic rings. The third kappa shape index (κ3) is 5.62. The Labute approximate surface area is 116 Å². The minimum Gasteiger partial charge on any atom is -0.480 e. The van der Waals surface area contributed by atoms with E-state index in [0.717, 1.165) is 17.4 Å². The Morgan fingerprint density at radius 2 is 2.22 bits per heavy atom. The van der Waals surface area contributed by atoms with Gasteiger partial charge in [-0.05, 0) is 44.1 Å². The lowest BCUT2D eigenvalue weighted by Gasteiger charge is -2.17. The van der Waals surface area contributed by atoms with Gasteiger partial charge in [0, 0.05) is 11.0 Å². The van der Waals surface area contributed by atoms with Gasteiger partial charge in [-0.15, -0.1) is 0 Å². The number of hydrogen-bond donors (Lipinski definition) is 2. The zero-order chi connectivity index (χ0) is 13.5. The number of nitrogens with two attached hydrogens (primary N) is 1. The number of halogens is 1. The molecule has 0 aliphatic heterocycles. The molecule has 0 fully saturated rings. The first kappa shape index (κ1) is 15.1. The Balaban J connectivity index is 2.29. The van der Waals surface area contributed by atoms with Crippen LogP contribution in [-0.4, -0.2) is 42.2 Å². The third-order valence-corrected chi connectivity index (χ3v) is 3.30. The van der Waals surface area contributed by atoms with Gasteiger partial charge in [0.15, 0.2) is 0 Å². The molecule has 5 heteroatoms. The maximum Gasteiger partial charge on any atom is 0.320 e. The van der Waals surface area contributed by atoms with Crippen LogP contribution >= 0.6 is 15.9 Å². The summed E-state index contributed by atoms with van der Waals surface area (Å²) in [5.74, 6) is -0.935. The minimum absolute atomic E-state index is 0.477. The molecule has 0 radical (unpaired) electrons. The largest absolute Gasteiger partial charge is 0.480 e. The van der Waals surface area contributed by atoms with Crippen molar-refractivity contribution in [2.45, 2.75) is 18.9 Å². The van der Waals surface area contributed by atoms with Crippen LogP contribution in [0.25, 0.3) is 0 Å².